The quantitative estimate of drug-likeness (QED) is 0.551. The Hall–Kier alpha value is -2.90. The smallest absolute Gasteiger partial charge is 0.319 e. The Balaban J connectivity index is 1.24. The van der Waals surface area contributed by atoms with Crippen molar-refractivity contribution >= 4 is 23.5 Å². The second-order valence-electron chi connectivity index (χ2n) is 7.74. The fourth-order valence-corrected chi connectivity index (χ4v) is 4.51. The summed E-state index contributed by atoms with van der Waals surface area (Å²) in [7, 11) is 0. The summed E-state index contributed by atoms with van der Waals surface area (Å²) < 4.78 is 0. The third-order valence-electron chi connectivity index (χ3n) is 5.37. The molecule has 0 radical (unpaired) electrons. The first-order valence-corrected chi connectivity index (χ1v) is 11.4. The van der Waals surface area contributed by atoms with Gasteiger partial charge in [0.15, 0.2) is 5.16 Å². The minimum atomic E-state index is -0.142. The molecule has 1 fully saturated rings. The Labute approximate surface area is 187 Å². The zero-order valence-electron chi connectivity index (χ0n) is 17.6. The molecule has 31 heavy (non-hydrogen) atoms. The van der Waals surface area contributed by atoms with Gasteiger partial charge in [0.25, 0.3) is 0 Å². The molecule has 2 heterocycles. The van der Waals surface area contributed by atoms with Crippen LogP contribution in [-0.4, -0.2) is 40.0 Å². The van der Waals surface area contributed by atoms with Crippen LogP contribution in [-0.2, 0) is 6.54 Å². The highest BCUT2D eigenvalue weighted by atomic mass is 32.2. The summed E-state index contributed by atoms with van der Waals surface area (Å²) in [5.74, 6) is 0. The summed E-state index contributed by atoms with van der Waals surface area (Å²) >= 11 is 1.50. The predicted molar refractivity (Wildman–Crippen MR) is 124 cm³/mol. The van der Waals surface area contributed by atoms with Crippen molar-refractivity contribution < 1.29 is 4.79 Å². The first kappa shape index (κ1) is 21.3. The van der Waals surface area contributed by atoms with Crippen LogP contribution in [0.3, 0.4) is 0 Å². The Morgan fingerprint density at radius 1 is 1.06 bits per heavy atom. The highest BCUT2D eigenvalue weighted by Gasteiger charge is 2.21. The van der Waals surface area contributed by atoms with Crippen LogP contribution >= 0.6 is 11.8 Å². The normalized spacial score (nSPS) is 14.9. The summed E-state index contributed by atoms with van der Waals surface area (Å²) in [6.45, 7) is 4.95. The molecule has 1 saturated heterocycles. The van der Waals surface area contributed by atoms with Gasteiger partial charge in [-0.1, -0.05) is 30.3 Å². The lowest BCUT2D eigenvalue weighted by atomic mass is 10.0. The van der Waals surface area contributed by atoms with Crippen molar-refractivity contribution in [2.45, 2.75) is 42.4 Å². The lowest BCUT2D eigenvalue weighted by molar-refractivity contribution is 0.190. The zero-order valence-corrected chi connectivity index (χ0v) is 18.4. The van der Waals surface area contributed by atoms with Crippen LogP contribution in [0.4, 0.5) is 10.5 Å². The van der Waals surface area contributed by atoms with Crippen molar-refractivity contribution in [2.75, 3.05) is 18.4 Å². The molecule has 0 atom stereocenters. The molecule has 2 aromatic carbocycles. The highest BCUT2D eigenvalue weighted by Crippen LogP contribution is 2.28. The van der Waals surface area contributed by atoms with Gasteiger partial charge in [-0.05, 0) is 66.9 Å². The van der Waals surface area contributed by atoms with E-state index >= 15 is 0 Å². The number of amides is 2. The van der Waals surface area contributed by atoms with Gasteiger partial charge in [-0.2, -0.15) is 0 Å². The van der Waals surface area contributed by atoms with Crippen molar-refractivity contribution in [2.24, 2.45) is 0 Å². The molecule has 4 rings (SSSR count). The van der Waals surface area contributed by atoms with Gasteiger partial charge in [-0.3, -0.25) is 4.90 Å². The minimum absolute atomic E-state index is 0.142. The van der Waals surface area contributed by atoms with Crippen molar-refractivity contribution in [1.29, 1.82) is 0 Å². The molecule has 1 aliphatic heterocycles. The molecular formula is C24H27N5OS. The number of rotatable bonds is 6. The topological polar surface area (TPSA) is 70.1 Å². The first-order valence-electron chi connectivity index (χ1n) is 10.5. The lowest BCUT2D eigenvalue weighted by Gasteiger charge is -2.32. The monoisotopic (exact) mass is 433 g/mol. The third-order valence-corrected chi connectivity index (χ3v) is 6.25. The minimum Gasteiger partial charge on any atom is -0.335 e. The summed E-state index contributed by atoms with van der Waals surface area (Å²) in [5, 5.41) is 6.83. The van der Waals surface area contributed by atoms with Gasteiger partial charge >= 0.3 is 6.03 Å². The van der Waals surface area contributed by atoms with Crippen molar-refractivity contribution in [1.82, 2.24) is 20.2 Å². The molecule has 0 saturated carbocycles. The number of nitrogens with one attached hydrogen (secondary N) is 2. The molecule has 1 aromatic heterocycles. The van der Waals surface area contributed by atoms with E-state index in [0.717, 1.165) is 48.6 Å². The number of nitrogens with zero attached hydrogens (tertiary/aromatic N) is 3. The number of aryl methyl sites for hydroxylation is 1. The number of hydrogen-bond acceptors (Lipinski definition) is 5. The number of piperidine rings is 1. The molecule has 7 heteroatoms. The first-order chi connectivity index (χ1) is 15.2. The van der Waals surface area contributed by atoms with Crippen molar-refractivity contribution in [3.8, 4) is 0 Å². The lowest BCUT2D eigenvalue weighted by Crippen LogP contribution is -2.45. The highest BCUT2D eigenvalue weighted by molar-refractivity contribution is 7.99. The SMILES string of the molecule is Cc1cc(Sc2ncccn2)ccc1NC(=O)NC1CCN(Cc2ccccc2)CC1. The number of benzene rings is 2. The average Bonchev–Trinajstić information content (AvgIpc) is 2.78. The van der Waals surface area contributed by atoms with E-state index in [9.17, 15) is 4.79 Å². The molecule has 2 amide bonds. The van der Waals surface area contributed by atoms with E-state index in [1.807, 2.05) is 31.2 Å². The van der Waals surface area contributed by atoms with Crippen LogP contribution in [0, 0.1) is 6.92 Å². The third kappa shape index (κ3) is 6.29. The number of carbonyl (C=O) groups is 1. The maximum Gasteiger partial charge on any atom is 0.319 e. The van der Waals surface area contributed by atoms with Gasteiger partial charge in [0.05, 0.1) is 0 Å². The van der Waals surface area contributed by atoms with E-state index in [2.05, 4.69) is 49.8 Å². The predicted octanol–water partition coefficient (Wildman–Crippen LogP) is 4.72. The summed E-state index contributed by atoms with van der Waals surface area (Å²) in [6, 6.07) is 18.3. The van der Waals surface area contributed by atoms with E-state index in [4.69, 9.17) is 0 Å². The van der Waals surface area contributed by atoms with E-state index in [1.165, 1.54) is 17.3 Å². The Bertz CT molecular complexity index is 991. The number of aromatic nitrogens is 2. The largest absolute Gasteiger partial charge is 0.335 e. The fraction of sp³-hybridized carbons (Fsp3) is 0.292. The van der Waals surface area contributed by atoms with Gasteiger partial charge in [0, 0.05) is 48.7 Å². The Kier molecular flexibility index (Phi) is 7.17. The van der Waals surface area contributed by atoms with E-state index in [1.54, 1.807) is 18.5 Å². The van der Waals surface area contributed by atoms with Gasteiger partial charge in [0.2, 0.25) is 0 Å². The van der Waals surface area contributed by atoms with Crippen LogP contribution < -0.4 is 10.6 Å². The summed E-state index contributed by atoms with van der Waals surface area (Å²) in [4.78, 5) is 24.5. The van der Waals surface area contributed by atoms with Crippen molar-refractivity contribution in [3.05, 3.63) is 78.1 Å². The fourth-order valence-electron chi connectivity index (χ4n) is 3.70. The van der Waals surface area contributed by atoms with E-state index < -0.39 is 0 Å². The van der Waals surface area contributed by atoms with Crippen LogP contribution in [0.1, 0.15) is 24.0 Å². The van der Waals surface area contributed by atoms with Crippen LogP contribution in [0.25, 0.3) is 0 Å². The molecule has 0 bridgehead atoms. The summed E-state index contributed by atoms with van der Waals surface area (Å²) in [6.07, 6.45) is 5.39. The average molecular weight is 434 g/mol. The Morgan fingerprint density at radius 3 is 2.52 bits per heavy atom. The molecule has 160 valence electrons. The number of hydrogen-bond donors (Lipinski definition) is 2. The van der Waals surface area contributed by atoms with E-state index in [-0.39, 0.29) is 12.1 Å². The number of carbonyl (C=O) groups excluding carboxylic acids is 1. The molecule has 2 N–H and O–H groups in total. The maximum absolute atomic E-state index is 12.5. The van der Waals surface area contributed by atoms with Gasteiger partial charge in [-0.25, -0.2) is 14.8 Å². The number of anilines is 1. The van der Waals surface area contributed by atoms with Gasteiger partial charge < -0.3 is 10.6 Å². The molecule has 6 nitrogen and oxygen atoms in total. The Morgan fingerprint density at radius 2 is 1.81 bits per heavy atom. The van der Waals surface area contributed by atoms with E-state index in [0.29, 0.717) is 5.16 Å². The zero-order chi connectivity index (χ0) is 21.5. The molecule has 3 aromatic rings. The van der Waals surface area contributed by atoms with Gasteiger partial charge in [-0.15, -0.1) is 0 Å². The summed E-state index contributed by atoms with van der Waals surface area (Å²) in [5.41, 5.74) is 3.16. The number of likely N-dealkylation sites (tertiary alicyclic amines) is 1. The second kappa shape index (κ2) is 10.4. The maximum atomic E-state index is 12.5. The standard InChI is InChI=1S/C24H27N5OS/c1-18-16-21(31-24-25-12-5-13-26-24)8-9-22(18)28-23(30)27-20-10-14-29(15-11-20)17-19-6-3-2-4-7-19/h2-9,12-13,16,20H,10-11,14-15,17H2,1H3,(H2,27,28,30). The number of urea groups is 1. The molecular weight excluding hydrogens is 406 g/mol. The molecule has 0 spiro atoms. The van der Waals surface area contributed by atoms with Crippen LogP contribution in [0.15, 0.2) is 77.0 Å². The van der Waals surface area contributed by atoms with Gasteiger partial charge in [0.1, 0.15) is 0 Å². The molecule has 1 aliphatic rings. The van der Waals surface area contributed by atoms with Crippen molar-refractivity contribution in [3.63, 3.8) is 0 Å². The van der Waals surface area contributed by atoms with Crippen LogP contribution in [0.5, 0.6) is 0 Å². The molecule has 0 unspecified atom stereocenters. The second-order valence-corrected chi connectivity index (χ2v) is 8.79. The molecule has 0 aliphatic carbocycles. The van der Waals surface area contributed by atoms with Crippen LogP contribution in [0.2, 0.25) is 0 Å².